The van der Waals surface area contributed by atoms with Crippen LogP contribution in [-0.2, 0) is 4.74 Å². The first-order valence-corrected chi connectivity index (χ1v) is 7.88. The van der Waals surface area contributed by atoms with Gasteiger partial charge in [-0.05, 0) is 57.2 Å². The Morgan fingerprint density at radius 2 is 2.00 bits per heavy atom. The summed E-state index contributed by atoms with van der Waals surface area (Å²) in [4.78, 5) is 0. The van der Waals surface area contributed by atoms with E-state index in [2.05, 4.69) is 38.2 Å². The molecule has 0 amide bonds. The Hall–Kier alpha value is -0.570. The third kappa shape index (κ3) is 5.82. The monoisotopic (exact) mass is 297 g/mol. The van der Waals surface area contributed by atoms with Crippen LogP contribution in [-0.4, -0.2) is 25.8 Å². The molecule has 1 N–H and O–H groups in total. The van der Waals surface area contributed by atoms with Crippen molar-refractivity contribution in [3.05, 3.63) is 34.9 Å². The van der Waals surface area contributed by atoms with Crippen molar-refractivity contribution in [3.8, 4) is 0 Å². The summed E-state index contributed by atoms with van der Waals surface area (Å²) in [6.07, 6.45) is 3.24. The second kappa shape index (κ2) is 8.66. The van der Waals surface area contributed by atoms with Gasteiger partial charge in [0.15, 0.2) is 0 Å². The lowest BCUT2D eigenvalue weighted by atomic mass is 9.89. The summed E-state index contributed by atoms with van der Waals surface area (Å²) < 4.78 is 5.53. The third-order valence-electron chi connectivity index (χ3n) is 3.81. The molecule has 2 nitrogen and oxygen atoms in total. The van der Waals surface area contributed by atoms with Crippen LogP contribution in [0.4, 0.5) is 0 Å². The van der Waals surface area contributed by atoms with Crippen LogP contribution < -0.4 is 5.32 Å². The van der Waals surface area contributed by atoms with Crippen LogP contribution in [0.3, 0.4) is 0 Å². The Kier molecular flexibility index (Phi) is 7.57. The van der Waals surface area contributed by atoms with E-state index in [0.717, 1.165) is 37.4 Å². The summed E-state index contributed by atoms with van der Waals surface area (Å²) in [6.45, 7) is 8.48. The summed E-state index contributed by atoms with van der Waals surface area (Å²) in [5.74, 6) is 0.435. The Morgan fingerprint density at radius 1 is 1.30 bits per heavy atom. The van der Waals surface area contributed by atoms with Crippen molar-refractivity contribution in [2.45, 2.75) is 51.6 Å². The molecule has 0 spiro atoms. The number of halogens is 1. The molecule has 1 unspecified atom stereocenters. The minimum Gasteiger partial charge on any atom is -0.379 e. The van der Waals surface area contributed by atoms with Gasteiger partial charge in [0.25, 0.3) is 0 Å². The van der Waals surface area contributed by atoms with Gasteiger partial charge in [0.05, 0.1) is 5.60 Å². The molecular weight excluding hydrogens is 270 g/mol. The number of ether oxygens (including phenoxy) is 1. The van der Waals surface area contributed by atoms with Gasteiger partial charge in [0.1, 0.15) is 0 Å². The molecule has 1 aromatic rings. The van der Waals surface area contributed by atoms with Crippen LogP contribution in [0.25, 0.3) is 0 Å². The predicted octanol–water partition coefficient (Wildman–Crippen LogP) is 4.63. The Balaban J connectivity index is 2.72. The maximum atomic E-state index is 6.36. The highest BCUT2D eigenvalue weighted by atomic mass is 35.5. The van der Waals surface area contributed by atoms with Gasteiger partial charge in [0, 0.05) is 18.7 Å². The van der Waals surface area contributed by atoms with Crippen molar-refractivity contribution < 1.29 is 4.74 Å². The fraction of sp³-hybridized carbons (Fsp3) is 0.647. The van der Waals surface area contributed by atoms with Crippen molar-refractivity contribution >= 4 is 11.6 Å². The lowest BCUT2D eigenvalue weighted by molar-refractivity contribution is 0.0124. The fourth-order valence-electron chi connectivity index (χ4n) is 2.25. The fourth-order valence-corrected chi connectivity index (χ4v) is 2.54. The lowest BCUT2D eigenvalue weighted by Crippen LogP contribution is -2.27. The van der Waals surface area contributed by atoms with Gasteiger partial charge in [-0.15, -0.1) is 0 Å². The molecule has 0 aromatic heterocycles. The van der Waals surface area contributed by atoms with E-state index in [9.17, 15) is 0 Å². The molecule has 1 rings (SSSR count). The van der Waals surface area contributed by atoms with Gasteiger partial charge in [-0.2, -0.15) is 0 Å². The first-order valence-electron chi connectivity index (χ1n) is 7.50. The molecule has 0 aliphatic rings. The molecule has 0 saturated heterocycles. The summed E-state index contributed by atoms with van der Waals surface area (Å²) in [7, 11) is 1.78. The van der Waals surface area contributed by atoms with Crippen molar-refractivity contribution in [1.29, 1.82) is 0 Å². The van der Waals surface area contributed by atoms with E-state index in [-0.39, 0.29) is 5.60 Å². The molecular formula is C17H28ClNO. The average molecular weight is 298 g/mol. The summed E-state index contributed by atoms with van der Waals surface area (Å²) in [6, 6.07) is 8.17. The number of rotatable bonds is 9. The molecule has 1 aromatic carbocycles. The number of nitrogens with one attached hydrogen (secondary N) is 1. The zero-order valence-electron chi connectivity index (χ0n) is 13.2. The highest BCUT2D eigenvalue weighted by molar-refractivity contribution is 6.31. The highest BCUT2D eigenvalue weighted by Gasteiger charge is 2.21. The first kappa shape index (κ1) is 17.5. The zero-order chi connectivity index (χ0) is 15.0. The lowest BCUT2D eigenvalue weighted by Gasteiger charge is -2.26. The standard InChI is InChI=1S/C17H28ClNO/c1-5-12-19-13-14(10-11-17(2,3)20-4)15-8-6-7-9-16(15)18/h6-9,14,19H,5,10-13H2,1-4H3. The molecule has 3 heteroatoms. The first-order chi connectivity index (χ1) is 9.50. The second-order valence-electron chi connectivity index (χ2n) is 5.93. The van der Waals surface area contributed by atoms with Gasteiger partial charge < -0.3 is 10.1 Å². The van der Waals surface area contributed by atoms with Crippen LogP contribution >= 0.6 is 11.6 Å². The van der Waals surface area contributed by atoms with Crippen LogP contribution in [0.1, 0.15) is 51.5 Å². The second-order valence-corrected chi connectivity index (χ2v) is 6.33. The molecule has 20 heavy (non-hydrogen) atoms. The minimum atomic E-state index is -0.0791. The molecule has 0 saturated carbocycles. The van der Waals surface area contributed by atoms with E-state index >= 15 is 0 Å². The average Bonchev–Trinajstić information content (AvgIpc) is 2.44. The number of hydrogen-bond acceptors (Lipinski definition) is 2. The van der Waals surface area contributed by atoms with Crippen molar-refractivity contribution in [1.82, 2.24) is 5.32 Å². The molecule has 0 aliphatic carbocycles. The molecule has 0 aliphatic heterocycles. The number of hydrogen-bond donors (Lipinski definition) is 1. The largest absolute Gasteiger partial charge is 0.379 e. The van der Waals surface area contributed by atoms with E-state index in [4.69, 9.17) is 16.3 Å². The van der Waals surface area contributed by atoms with Gasteiger partial charge in [-0.1, -0.05) is 36.7 Å². The Morgan fingerprint density at radius 3 is 2.60 bits per heavy atom. The van der Waals surface area contributed by atoms with Crippen LogP contribution in [0.15, 0.2) is 24.3 Å². The van der Waals surface area contributed by atoms with E-state index < -0.39 is 0 Å². The van der Waals surface area contributed by atoms with Gasteiger partial charge in [-0.25, -0.2) is 0 Å². The van der Waals surface area contributed by atoms with Crippen molar-refractivity contribution in [3.63, 3.8) is 0 Å². The van der Waals surface area contributed by atoms with Gasteiger partial charge in [0.2, 0.25) is 0 Å². The summed E-state index contributed by atoms with van der Waals surface area (Å²) in [5, 5.41) is 4.38. The van der Waals surface area contributed by atoms with Crippen LogP contribution in [0.5, 0.6) is 0 Å². The molecule has 1 atom stereocenters. The van der Waals surface area contributed by atoms with Gasteiger partial charge in [-0.3, -0.25) is 0 Å². The normalized spacial score (nSPS) is 13.4. The number of methoxy groups -OCH3 is 1. The van der Waals surface area contributed by atoms with Gasteiger partial charge >= 0.3 is 0 Å². The van der Waals surface area contributed by atoms with Crippen LogP contribution in [0, 0.1) is 0 Å². The SMILES string of the molecule is CCCNCC(CCC(C)(C)OC)c1ccccc1Cl. The maximum absolute atomic E-state index is 6.36. The Bertz CT molecular complexity index is 392. The molecule has 0 heterocycles. The maximum Gasteiger partial charge on any atom is 0.0623 e. The smallest absolute Gasteiger partial charge is 0.0623 e. The predicted molar refractivity (Wildman–Crippen MR) is 87.7 cm³/mol. The van der Waals surface area contributed by atoms with Crippen molar-refractivity contribution in [2.75, 3.05) is 20.2 Å². The highest BCUT2D eigenvalue weighted by Crippen LogP contribution is 2.30. The van der Waals surface area contributed by atoms with Crippen LogP contribution in [0.2, 0.25) is 5.02 Å². The molecule has 0 radical (unpaired) electrons. The number of benzene rings is 1. The van der Waals surface area contributed by atoms with E-state index in [1.54, 1.807) is 7.11 Å². The molecule has 0 fully saturated rings. The topological polar surface area (TPSA) is 21.3 Å². The quantitative estimate of drug-likeness (QED) is 0.671. The zero-order valence-corrected chi connectivity index (χ0v) is 14.0. The minimum absolute atomic E-state index is 0.0791. The Labute approximate surface area is 128 Å². The van der Waals surface area contributed by atoms with E-state index in [1.165, 1.54) is 5.56 Å². The van der Waals surface area contributed by atoms with E-state index in [0.29, 0.717) is 5.92 Å². The summed E-state index contributed by atoms with van der Waals surface area (Å²) in [5.41, 5.74) is 1.16. The van der Waals surface area contributed by atoms with E-state index in [1.807, 2.05) is 12.1 Å². The van der Waals surface area contributed by atoms with Crippen molar-refractivity contribution in [2.24, 2.45) is 0 Å². The molecule has 0 bridgehead atoms. The third-order valence-corrected chi connectivity index (χ3v) is 4.15. The summed E-state index contributed by atoms with van der Waals surface area (Å²) >= 11 is 6.36. The molecule has 114 valence electrons.